The number of pyridine rings is 1. The minimum Gasteiger partial charge on any atom is -0.323 e. The molecule has 1 N–H and O–H groups in total. The van der Waals surface area contributed by atoms with Gasteiger partial charge in [0, 0.05) is 25.9 Å². The van der Waals surface area contributed by atoms with Crippen molar-refractivity contribution in [3.05, 3.63) is 40.8 Å². The fourth-order valence-corrected chi connectivity index (χ4v) is 3.92. The number of carbonyl (C=O) groups is 1. The minimum atomic E-state index is -0.133. The van der Waals surface area contributed by atoms with Crippen molar-refractivity contribution in [2.24, 2.45) is 7.05 Å². The predicted octanol–water partition coefficient (Wildman–Crippen LogP) is 1.91. The summed E-state index contributed by atoms with van der Waals surface area (Å²) in [5, 5.41) is 7.38. The number of rotatable bonds is 3. The van der Waals surface area contributed by atoms with E-state index in [0.717, 1.165) is 16.9 Å². The third-order valence-electron chi connectivity index (χ3n) is 5.58. The molecule has 0 amide bonds. The van der Waals surface area contributed by atoms with Crippen molar-refractivity contribution >= 4 is 34.2 Å². The summed E-state index contributed by atoms with van der Waals surface area (Å²) in [5.74, 6) is 0.650. The Morgan fingerprint density at radius 2 is 1.97 bits per heavy atom. The number of imidazole rings is 1. The van der Waals surface area contributed by atoms with Crippen LogP contribution in [0.1, 0.15) is 37.3 Å². The van der Waals surface area contributed by atoms with Crippen LogP contribution >= 0.6 is 0 Å². The lowest BCUT2D eigenvalue weighted by Crippen LogP contribution is -2.29. The molecule has 1 fully saturated rings. The summed E-state index contributed by atoms with van der Waals surface area (Å²) >= 11 is 0. The molecule has 5 rings (SSSR count). The van der Waals surface area contributed by atoms with Crippen molar-refractivity contribution in [3.8, 4) is 0 Å². The van der Waals surface area contributed by atoms with Crippen molar-refractivity contribution in [3.63, 3.8) is 0 Å². The first kappa shape index (κ1) is 17.5. The molecule has 1 aliphatic rings. The third kappa shape index (κ3) is 2.87. The summed E-state index contributed by atoms with van der Waals surface area (Å²) in [7, 11) is 1.72. The Morgan fingerprint density at radius 1 is 1.17 bits per heavy atom. The molecular formula is C19H20N8O2. The molecule has 29 heavy (non-hydrogen) atoms. The van der Waals surface area contributed by atoms with Gasteiger partial charge in [-0.15, -0.1) is 0 Å². The molecule has 1 aliphatic carbocycles. The molecule has 4 aromatic rings. The number of aromatic nitrogens is 7. The molecule has 0 aliphatic heterocycles. The highest BCUT2D eigenvalue weighted by Gasteiger charge is 2.25. The average Bonchev–Trinajstić information content (AvgIpc) is 3.25. The number of carbonyl (C=O) groups excluding carboxylic acids is 1. The van der Waals surface area contributed by atoms with E-state index in [4.69, 9.17) is 0 Å². The van der Waals surface area contributed by atoms with Crippen LogP contribution in [-0.4, -0.2) is 39.5 Å². The first-order valence-corrected chi connectivity index (χ1v) is 9.54. The second-order valence-corrected chi connectivity index (χ2v) is 7.44. The first-order chi connectivity index (χ1) is 14.0. The van der Waals surface area contributed by atoms with Crippen LogP contribution in [-0.2, 0) is 11.8 Å². The van der Waals surface area contributed by atoms with Gasteiger partial charge in [0.2, 0.25) is 5.95 Å². The van der Waals surface area contributed by atoms with E-state index in [1.54, 1.807) is 26.9 Å². The molecule has 10 nitrogen and oxygen atoms in total. The van der Waals surface area contributed by atoms with E-state index in [0.29, 0.717) is 42.8 Å². The molecule has 0 bridgehead atoms. The standard InChI is InChI=1S/C19H20N8O2/c1-11-7-16-21-10-22-26(16)9-14(11)23-18-20-8-15-17(24-18)27(19(29)25(15)2)12-3-5-13(28)6-4-12/h7-10,12H,3-6H2,1-2H3,(H,20,23,24). The van der Waals surface area contributed by atoms with E-state index in [1.165, 1.54) is 6.33 Å². The molecule has 1 saturated carbocycles. The zero-order valence-electron chi connectivity index (χ0n) is 16.2. The lowest BCUT2D eigenvalue weighted by atomic mass is 9.94. The van der Waals surface area contributed by atoms with Gasteiger partial charge in [0.15, 0.2) is 11.3 Å². The van der Waals surface area contributed by atoms with E-state index in [1.807, 2.05) is 19.2 Å². The Bertz CT molecular complexity index is 1310. The number of ketones is 1. The van der Waals surface area contributed by atoms with E-state index in [2.05, 4.69) is 25.4 Å². The number of nitrogens with one attached hydrogen (secondary N) is 1. The van der Waals surface area contributed by atoms with Gasteiger partial charge in [0.05, 0.1) is 18.1 Å². The Balaban J connectivity index is 1.57. The van der Waals surface area contributed by atoms with Gasteiger partial charge >= 0.3 is 5.69 Å². The van der Waals surface area contributed by atoms with Gasteiger partial charge < -0.3 is 5.32 Å². The van der Waals surface area contributed by atoms with Crippen molar-refractivity contribution in [2.75, 3.05) is 5.32 Å². The molecule has 148 valence electrons. The van der Waals surface area contributed by atoms with E-state index in [-0.39, 0.29) is 17.5 Å². The highest BCUT2D eigenvalue weighted by atomic mass is 16.2. The van der Waals surface area contributed by atoms with Gasteiger partial charge in [-0.25, -0.2) is 19.3 Å². The summed E-state index contributed by atoms with van der Waals surface area (Å²) in [4.78, 5) is 37.7. The summed E-state index contributed by atoms with van der Waals surface area (Å²) in [6.07, 6.45) is 7.30. The molecule has 10 heteroatoms. The topological polar surface area (TPSA) is 112 Å². The van der Waals surface area contributed by atoms with Crippen LogP contribution in [0.5, 0.6) is 0 Å². The van der Waals surface area contributed by atoms with Crippen molar-refractivity contribution in [1.82, 2.24) is 33.7 Å². The molecule has 4 heterocycles. The summed E-state index contributed by atoms with van der Waals surface area (Å²) in [6, 6.07) is 1.89. The van der Waals surface area contributed by atoms with Gasteiger partial charge in [0.1, 0.15) is 17.6 Å². The zero-order chi connectivity index (χ0) is 20.1. The number of nitrogens with zero attached hydrogens (tertiary/aromatic N) is 7. The molecule has 0 atom stereocenters. The van der Waals surface area contributed by atoms with Crippen LogP contribution in [0.2, 0.25) is 0 Å². The average molecular weight is 392 g/mol. The van der Waals surface area contributed by atoms with Gasteiger partial charge in [-0.1, -0.05) is 0 Å². The minimum absolute atomic E-state index is 0.0279. The predicted molar refractivity (Wildman–Crippen MR) is 106 cm³/mol. The zero-order valence-corrected chi connectivity index (χ0v) is 16.2. The lowest BCUT2D eigenvalue weighted by Gasteiger charge is -2.21. The number of hydrogen-bond acceptors (Lipinski definition) is 7. The fourth-order valence-electron chi connectivity index (χ4n) is 3.92. The molecular weight excluding hydrogens is 372 g/mol. The van der Waals surface area contributed by atoms with E-state index < -0.39 is 0 Å². The number of aryl methyl sites for hydroxylation is 2. The van der Waals surface area contributed by atoms with Crippen LogP contribution in [0, 0.1) is 6.92 Å². The van der Waals surface area contributed by atoms with E-state index >= 15 is 0 Å². The number of anilines is 2. The molecule has 0 aromatic carbocycles. The Hall–Kier alpha value is -3.56. The summed E-state index contributed by atoms with van der Waals surface area (Å²) in [6.45, 7) is 1.97. The Morgan fingerprint density at radius 3 is 2.76 bits per heavy atom. The van der Waals surface area contributed by atoms with Crippen LogP contribution in [0.3, 0.4) is 0 Å². The molecule has 0 radical (unpaired) electrons. The first-order valence-electron chi connectivity index (χ1n) is 9.54. The Kier molecular flexibility index (Phi) is 3.93. The molecule has 0 saturated heterocycles. The van der Waals surface area contributed by atoms with Gasteiger partial charge in [-0.2, -0.15) is 10.1 Å². The van der Waals surface area contributed by atoms with Gasteiger partial charge in [0.25, 0.3) is 0 Å². The normalized spacial score (nSPS) is 15.4. The number of fused-ring (bicyclic) bond motifs is 2. The smallest absolute Gasteiger partial charge is 0.323 e. The summed E-state index contributed by atoms with van der Waals surface area (Å²) < 4.78 is 4.94. The SMILES string of the molecule is Cc1cc2ncnn2cc1Nc1ncc2c(n1)n(C1CCC(=O)CC1)c(=O)n2C. The van der Waals surface area contributed by atoms with Crippen molar-refractivity contribution in [1.29, 1.82) is 0 Å². The van der Waals surface area contributed by atoms with Gasteiger partial charge in [-0.05, 0) is 31.4 Å². The maximum atomic E-state index is 12.8. The quantitative estimate of drug-likeness (QED) is 0.567. The van der Waals surface area contributed by atoms with Crippen LogP contribution < -0.4 is 11.0 Å². The summed E-state index contributed by atoms with van der Waals surface area (Å²) in [5.41, 5.74) is 3.65. The van der Waals surface area contributed by atoms with Crippen LogP contribution in [0.4, 0.5) is 11.6 Å². The maximum Gasteiger partial charge on any atom is 0.330 e. The van der Waals surface area contributed by atoms with Crippen molar-refractivity contribution < 1.29 is 4.79 Å². The van der Waals surface area contributed by atoms with E-state index in [9.17, 15) is 9.59 Å². The maximum absolute atomic E-state index is 12.8. The van der Waals surface area contributed by atoms with Gasteiger partial charge in [-0.3, -0.25) is 13.9 Å². The Labute approximate surface area is 165 Å². The fraction of sp³-hybridized carbons (Fsp3) is 0.368. The molecule has 4 aromatic heterocycles. The lowest BCUT2D eigenvalue weighted by molar-refractivity contribution is -0.120. The van der Waals surface area contributed by atoms with Crippen molar-refractivity contribution in [2.45, 2.75) is 38.6 Å². The molecule has 0 unspecified atom stereocenters. The largest absolute Gasteiger partial charge is 0.330 e. The highest BCUT2D eigenvalue weighted by Crippen LogP contribution is 2.28. The number of hydrogen-bond donors (Lipinski definition) is 1. The second-order valence-electron chi connectivity index (χ2n) is 7.44. The molecule has 0 spiro atoms. The number of Topliss-reactive ketones (excluding diaryl/α,β-unsaturated/α-hetero) is 1. The van der Waals surface area contributed by atoms with Crippen LogP contribution in [0.15, 0.2) is 29.6 Å². The second kappa shape index (κ2) is 6.50. The third-order valence-corrected chi connectivity index (χ3v) is 5.58. The highest BCUT2D eigenvalue weighted by molar-refractivity contribution is 5.79. The van der Waals surface area contributed by atoms with Crippen LogP contribution in [0.25, 0.3) is 16.8 Å². The monoisotopic (exact) mass is 392 g/mol.